The van der Waals surface area contributed by atoms with Gasteiger partial charge in [-0.3, -0.25) is 14.5 Å². The molecule has 0 bridgehead atoms. The van der Waals surface area contributed by atoms with Crippen LogP contribution in [0.4, 0.5) is 0 Å². The van der Waals surface area contributed by atoms with Crippen molar-refractivity contribution in [3.05, 3.63) is 58.3 Å². The molecule has 2 amide bonds. The lowest BCUT2D eigenvalue weighted by molar-refractivity contribution is -0.133. The predicted molar refractivity (Wildman–Crippen MR) is 125 cm³/mol. The minimum atomic E-state index is 0.230. The van der Waals surface area contributed by atoms with Crippen molar-refractivity contribution in [1.29, 1.82) is 0 Å². The number of hydrogen-bond acceptors (Lipinski definition) is 4. The van der Waals surface area contributed by atoms with Crippen molar-refractivity contribution in [3.8, 4) is 0 Å². The Balaban J connectivity index is 1.17. The van der Waals surface area contributed by atoms with E-state index in [4.69, 9.17) is 0 Å². The fourth-order valence-corrected chi connectivity index (χ4v) is 5.38. The van der Waals surface area contributed by atoms with Crippen LogP contribution >= 0.6 is 11.3 Å². The highest BCUT2D eigenvalue weighted by Gasteiger charge is 2.26. The standard InChI is InChI=1S/C25H33N3O2S/c29-24(27-15-13-26(14-16-27)19-21-6-2-1-3-7-21)11-10-22-8-4-12-28(20-22)25(30)18-23-9-5-17-31-23/h1-3,5-7,9,17,22H,4,8,10-16,18-20H2. The van der Waals surface area contributed by atoms with Crippen molar-refractivity contribution in [2.75, 3.05) is 39.3 Å². The maximum atomic E-state index is 12.8. The van der Waals surface area contributed by atoms with Crippen LogP contribution in [-0.4, -0.2) is 65.8 Å². The zero-order chi connectivity index (χ0) is 21.5. The first-order valence-corrected chi connectivity index (χ1v) is 12.4. The van der Waals surface area contributed by atoms with Crippen molar-refractivity contribution in [3.63, 3.8) is 0 Å². The third-order valence-electron chi connectivity index (χ3n) is 6.52. The van der Waals surface area contributed by atoms with Crippen LogP contribution < -0.4 is 0 Å². The van der Waals surface area contributed by atoms with Crippen LogP contribution in [0.15, 0.2) is 47.8 Å². The Morgan fingerprint density at radius 2 is 1.71 bits per heavy atom. The molecular weight excluding hydrogens is 406 g/mol. The largest absolute Gasteiger partial charge is 0.342 e. The van der Waals surface area contributed by atoms with Crippen LogP contribution in [0.2, 0.25) is 0 Å². The summed E-state index contributed by atoms with van der Waals surface area (Å²) in [5, 5.41) is 2.02. The molecule has 0 saturated carbocycles. The van der Waals surface area contributed by atoms with E-state index >= 15 is 0 Å². The summed E-state index contributed by atoms with van der Waals surface area (Å²) < 4.78 is 0. The van der Waals surface area contributed by atoms with Crippen molar-refractivity contribution in [2.24, 2.45) is 5.92 Å². The highest BCUT2D eigenvalue weighted by molar-refractivity contribution is 7.10. The first kappa shape index (κ1) is 22.0. The number of amides is 2. The van der Waals surface area contributed by atoms with E-state index < -0.39 is 0 Å². The fraction of sp³-hybridized carbons (Fsp3) is 0.520. The van der Waals surface area contributed by atoms with E-state index in [1.165, 1.54) is 5.56 Å². The van der Waals surface area contributed by atoms with Crippen LogP contribution in [0.25, 0.3) is 0 Å². The molecule has 2 aromatic rings. The molecule has 1 aromatic carbocycles. The van der Waals surface area contributed by atoms with E-state index in [2.05, 4.69) is 29.2 Å². The van der Waals surface area contributed by atoms with E-state index in [0.717, 1.165) is 70.0 Å². The van der Waals surface area contributed by atoms with Gasteiger partial charge in [0.25, 0.3) is 0 Å². The molecule has 1 aromatic heterocycles. The topological polar surface area (TPSA) is 43.9 Å². The van der Waals surface area contributed by atoms with Gasteiger partial charge in [0.05, 0.1) is 6.42 Å². The Kier molecular flexibility index (Phi) is 7.76. The SMILES string of the molecule is O=C(CCC1CCCN(C(=O)Cc2cccs2)C1)N1CCN(Cc2ccccc2)CC1. The van der Waals surface area contributed by atoms with E-state index in [-0.39, 0.29) is 11.8 Å². The molecule has 4 rings (SSSR count). The number of piperidine rings is 1. The third kappa shape index (κ3) is 6.40. The molecule has 31 heavy (non-hydrogen) atoms. The van der Waals surface area contributed by atoms with Gasteiger partial charge in [-0.05, 0) is 42.2 Å². The normalized spacial score (nSPS) is 20.1. The van der Waals surface area contributed by atoms with Crippen LogP contribution in [-0.2, 0) is 22.6 Å². The number of thiophene rings is 1. The maximum Gasteiger partial charge on any atom is 0.227 e. The number of rotatable bonds is 7. The Bertz CT molecular complexity index is 832. The Morgan fingerprint density at radius 3 is 2.45 bits per heavy atom. The molecule has 0 N–H and O–H groups in total. The average Bonchev–Trinajstić information content (AvgIpc) is 3.32. The van der Waals surface area contributed by atoms with Gasteiger partial charge in [-0.2, -0.15) is 0 Å². The smallest absolute Gasteiger partial charge is 0.227 e. The fourth-order valence-electron chi connectivity index (χ4n) is 4.68. The maximum absolute atomic E-state index is 12.8. The first-order valence-electron chi connectivity index (χ1n) is 11.5. The number of hydrogen-bond donors (Lipinski definition) is 0. The van der Waals surface area contributed by atoms with Gasteiger partial charge in [-0.15, -0.1) is 11.3 Å². The summed E-state index contributed by atoms with van der Waals surface area (Å²) in [5.41, 5.74) is 1.33. The highest BCUT2D eigenvalue weighted by atomic mass is 32.1. The molecule has 6 heteroatoms. The lowest BCUT2D eigenvalue weighted by atomic mass is 9.93. The number of carbonyl (C=O) groups excluding carboxylic acids is 2. The van der Waals surface area contributed by atoms with E-state index in [1.54, 1.807) is 11.3 Å². The minimum Gasteiger partial charge on any atom is -0.342 e. The first-order chi connectivity index (χ1) is 15.2. The van der Waals surface area contributed by atoms with Crippen molar-refractivity contribution < 1.29 is 9.59 Å². The molecule has 2 aliphatic heterocycles. The van der Waals surface area contributed by atoms with Gasteiger partial charge >= 0.3 is 0 Å². The lowest BCUT2D eigenvalue weighted by Crippen LogP contribution is -2.48. The molecule has 2 aliphatic rings. The average molecular weight is 440 g/mol. The van der Waals surface area contributed by atoms with Gasteiger partial charge in [0.1, 0.15) is 0 Å². The Labute approximate surface area is 189 Å². The van der Waals surface area contributed by atoms with Gasteiger partial charge in [-0.1, -0.05) is 36.4 Å². The lowest BCUT2D eigenvalue weighted by Gasteiger charge is -2.36. The van der Waals surface area contributed by atoms with Crippen LogP contribution in [0, 0.1) is 5.92 Å². The molecule has 166 valence electrons. The summed E-state index contributed by atoms with van der Waals surface area (Å²) >= 11 is 1.65. The second-order valence-corrected chi connectivity index (χ2v) is 9.82. The molecule has 2 fully saturated rings. The number of piperazine rings is 1. The quantitative estimate of drug-likeness (QED) is 0.661. The number of benzene rings is 1. The molecule has 2 saturated heterocycles. The van der Waals surface area contributed by atoms with Crippen LogP contribution in [0.1, 0.15) is 36.1 Å². The summed E-state index contributed by atoms with van der Waals surface area (Å²) in [6, 6.07) is 14.6. The molecule has 1 atom stereocenters. The Morgan fingerprint density at radius 1 is 0.903 bits per heavy atom. The number of carbonyl (C=O) groups is 2. The summed E-state index contributed by atoms with van der Waals surface area (Å²) in [4.78, 5) is 33.0. The van der Waals surface area contributed by atoms with Crippen molar-refractivity contribution >= 4 is 23.2 Å². The van der Waals surface area contributed by atoms with Crippen LogP contribution in [0.5, 0.6) is 0 Å². The van der Waals surface area contributed by atoms with E-state index in [9.17, 15) is 9.59 Å². The summed E-state index contributed by atoms with van der Waals surface area (Å²) in [6.45, 7) is 6.15. The second kappa shape index (κ2) is 10.9. The zero-order valence-electron chi connectivity index (χ0n) is 18.2. The molecular formula is C25H33N3O2S. The van der Waals surface area contributed by atoms with Crippen LogP contribution in [0.3, 0.4) is 0 Å². The number of likely N-dealkylation sites (tertiary alicyclic amines) is 1. The molecule has 1 unspecified atom stereocenters. The summed E-state index contributed by atoms with van der Waals surface area (Å²) in [5.74, 6) is 0.957. The van der Waals surface area contributed by atoms with Gasteiger partial charge in [0, 0.05) is 57.1 Å². The molecule has 5 nitrogen and oxygen atoms in total. The Hall–Kier alpha value is -2.18. The van der Waals surface area contributed by atoms with Crippen molar-refractivity contribution in [1.82, 2.24) is 14.7 Å². The van der Waals surface area contributed by atoms with E-state index in [1.807, 2.05) is 33.4 Å². The monoisotopic (exact) mass is 439 g/mol. The van der Waals surface area contributed by atoms with E-state index in [0.29, 0.717) is 18.8 Å². The van der Waals surface area contributed by atoms with Gasteiger partial charge in [0.15, 0.2) is 0 Å². The highest BCUT2D eigenvalue weighted by Crippen LogP contribution is 2.23. The predicted octanol–water partition coefficient (Wildman–Crippen LogP) is 3.65. The molecule has 3 heterocycles. The summed E-state index contributed by atoms with van der Waals surface area (Å²) in [7, 11) is 0. The van der Waals surface area contributed by atoms with Gasteiger partial charge in [0.2, 0.25) is 11.8 Å². The van der Waals surface area contributed by atoms with Gasteiger partial charge in [-0.25, -0.2) is 0 Å². The molecule has 0 radical (unpaired) electrons. The summed E-state index contributed by atoms with van der Waals surface area (Å²) in [6.07, 6.45) is 4.19. The third-order valence-corrected chi connectivity index (χ3v) is 7.39. The number of nitrogens with zero attached hydrogens (tertiary/aromatic N) is 3. The second-order valence-electron chi connectivity index (χ2n) is 8.79. The molecule has 0 aliphatic carbocycles. The minimum absolute atomic E-state index is 0.230. The van der Waals surface area contributed by atoms with Crippen molar-refractivity contribution in [2.45, 2.75) is 38.6 Å². The zero-order valence-corrected chi connectivity index (χ0v) is 19.1. The van der Waals surface area contributed by atoms with Gasteiger partial charge < -0.3 is 9.80 Å². The molecule has 0 spiro atoms.